The van der Waals surface area contributed by atoms with Crippen LogP contribution in [0.3, 0.4) is 0 Å². The average molecular weight is 298 g/mol. The van der Waals surface area contributed by atoms with E-state index >= 15 is 0 Å². The Labute approximate surface area is 130 Å². The fraction of sp³-hybridized carbons (Fsp3) is 0.125. The summed E-state index contributed by atoms with van der Waals surface area (Å²) >= 11 is 0. The van der Waals surface area contributed by atoms with Crippen molar-refractivity contribution in [2.45, 2.75) is 13.8 Å². The van der Waals surface area contributed by atoms with E-state index in [1.165, 1.54) is 0 Å². The van der Waals surface area contributed by atoms with Gasteiger partial charge < -0.3 is 22.9 Å². The van der Waals surface area contributed by atoms with Gasteiger partial charge in [0.2, 0.25) is 0 Å². The highest BCUT2D eigenvalue weighted by molar-refractivity contribution is 5.79. The molecule has 0 heterocycles. The molecular formula is C16H22N6. The SMILES string of the molecule is Cc1cccc(N=C(N)N)c1.Cc1ccccc1N=C(N)N. The Bertz CT molecular complexity index is 668. The van der Waals surface area contributed by atoms with E-state index in [4.69, 9.17) is 22.9 Å². The highest BCUT2D eigenvalue weighted by atomic mass is 15.0. The second kappa shape index (κ2) is 8.31. The summed E-state index contributed by atoms with van der Waals surface area (Å²) in [7, 11) is 0. The zero-order valence-electron chi connectivity index (χ0n) is 12.8. The van der Waals surface area contributed by atoms with Gasteiger partial charge >= 0.3 is 0 Å². The van der Waals surface area contributed by atoms with Crippen LogP contribution in [0.15, 0.2) is 58.5 Å². The Kier molecular flexibility index (Phi) is 6.43. The second-order valence-electron chi connectivity index (χ2n) is 4.70. The molecule has 8 N–H and O–H groups in total. The first-order chi connectivity index (χ1) is 10.4. The second-order valence-corrected chi connectivity index (χ2v) is 4.70. The van der Waals surface area contributed by atoms with Crippen LogP contribution in [0.5, 0.6) is 0 Å². The Morgan fingerprint density at radius 1 is 0.773 bits per heavy atom. The molecule has 0 saturated heterocycles. The smallest absolute Gasteiger partial charge is 0.191 e. The van der Waals surface area contributed by atoms with Crippen LogP contribution in [0, 0.1) is 13.8 Å². The number of nitrogens with two attached hydrogens (primary N) is 4. The summed E-state index contributed by atoms with van der Waals surface area (Å²) in [5.41, 5.74) is 24.7. The summed E-state index contributed by atoms with van der Waals surface area (Å²) in [6.45, 7) is 3.95. The van der Waals surface area contributed by atoms with Crippen molar-refractivity contribution in [2.24, 2.45) is 32.9 Å². The van der Waals surface area contributed by atoms with Crippen molar-refractivity contribution in [1.82, 2.24) is 0 Å². The first kappa shape index (κ1) is 17.0. The molecule has 6 heteroatoms. The molecule has 0 unspecified atom stereocenters. The summed E-state index contributed by atoms with van der Waals surface area (Å²) in [6, 6.07) is 15.3. The van der Waals surface area contributed by atoms with Crippen LogP contribution in [0.1, 0.15) is 11.1 Å². The Balaban J connectivity index is 0.000000220. The summed E-state index contributed by atoms with van der Waals surface area (Å²) in [5, 5.41) is 0. The number of aryl methyl sites for hydroxylation is 2. The maximum atomic E-state index is 5.22. The van der Waals surface area contributed by atoms with Gasteiger partial charge in [0.05, 0.1) is 11.4 Å². The molecule has 0 fully saturated rings. The molecule has 2 aromatic rings. The van der Waals surface area contributed by atoms with Gasteiger partial charge in [-0.15, -0.1) is 0 Å². The lowest BCUT2D eigenvalue weighted by Gasteiger charge is -1.97. The fourth-order valence-electron chi connectivity index (χ4n) is 1.67. The van der Waals surface area contributed by atoms with Crippen LogP contribution in [0.25, 0.3) is 0 Å². The van der Waals surface area contributed by atoms with Crippen LogP contribution in [0.2, 0.25) is 0 Å². The van der Waals surface area contributed by atoms with Crippen LogP contribution in [-0.2, 0) is 0 Å². The molecule has 2 aromatic carbocycles. The van der Waals surface area contributed by atoms with Crippen molar-refractivity contribution in [1.29, 1.82) is 0 Å². The number of hydrogen-bond donors (Lipinski definition) is 4. The molecule has 0 bridgehead atoms. The molecule has 0 aromatic heterocycles. The molecule has 0 aliphatic rings. The van der Waals surface area contributed by atoms with Gasteiger partial charge in [-0.3, -0.25) is 0 Å². The molecule has 0 saturated carbocycles. The maximum absolute atomic E-state index is 5.22. The van der Waals surface area contributed by atoms with Crippen molar-refractivity contribution < 1.29 is 0 Å². The zero-order valence-corrected chi connectivity index (χ0v) is 12.8. The Hall–Kier alpha value is -3.02. The first-order valence-electron chi connectivity index (χ1n) is 6.70. The van der Waals surface area contributed by atoms with Crippen molar-refractivity contribution in [2.75, 3.05) is 0 Å². The molecule has 0 aliphatic carbocycles. The lowest BCUT2D eigenvalue weighted by atomic mass is 10.2. The third-order valence-corrected chi connectivity index (χ3v) is 2.62. The third kappa shape index (κ3) is 6.42. The van der Waals surface area contributed by atoms with E-state index in [1.54, 1.807) is 0 Å². The lowest BCUT2D eigenvalue weighted by Crippen LogP contribution is -2.21. The number of hydrogen-bond acceptors (Lipinski definition) is 2. The minimum atomic E-state index is 0.0931. The van der Waals surface area contributed by atoms with E-state index in [2.05, 4.69) is 9.98 Å². The summed E-state index contributed by atoms with van der Waals surface area (Å²) in [4.78, 5) is 7.82. The van der Waals surface area contributed by atoms with Gasteiger partial charge in [0, 0.05) is 0 Å². The number of nitrogens with zero attached hydrogens (tertiary/aromatic N) is 2. The van der Waals surface area contributed by atoms with Gasteiger partial charge in [0.15, 0.2) is 11.9 Å². The standard InChI is InChI=1S/2C8H11N3/c1-6-3-2-4-7(5-6)11-8(9)10;1-6-4-2-3-5-7(6)11-8(9)10/h2*2-5H,1H3,(H4,9,10,11). The summed E-state index contributed by atoms with van der Waals surface area (Å²) < 4.78 is 0. The van der Waals surface area contributed by atoms with E-state index < -0.39 is 0 Å². The molecule has 0 amide bonds. The van der Waals surface area contributed by atoms with E-state index in [1.807, 2.05) is 62.4 Å². The largest absolute Gasteiger partial charge is 0.370 e. The number of benzene rings is 2. The number of aliphatic imine (C=N–C) groups is 2. The highest BCUT2D eigenvalue weighted by Crippen LogP contribution is 2.16. The predicted octanol–water partition coefficient (Wildman–Crippen LogP) is 1.80. The minimum absolute atomic E-state index is 0.0931. The molecule has 0 spiro atoms. The maximum Gasteiger partial charge on any atom is 0.191 e. The molecule has 116 valence electrons. The van der Waals surface area contributed by atoms with Gasteiger partial charge in [0.1, 0.15) is 0 Å². The zero-order chi connectivity index (χ0) is 16.5. The van der Waals surface area contributed by atoms with Crippen LogP contribution >= 0.6 is 0 Å². The van der Waals surface area contributed by atoms with E-state index in [-0.39, 0.29) is 11.9 Å². The summed E-state index contributed by atoms with van der Waals surface area (Å²) in [6.07, 6.45) is 0. The van der Waals surface area contributed by atoms with Crippen molar-refractivity contribution in [3.05, 3.63) is 59.7 Å². The van der Waals surface area contributed by atoms with Gasteiger partial charge in [-0.2, -0.15) is 0 Å². The first-order valence-corrected chi connectivity index (χ1v) is 6.70. The van der Waals surface area contributed by atoms with Gasteiger partial charge in [-0.1, -0.05) is 30.3 Å². The minimum Gasteiger partial charge on any atom is -0.370 e. The molecule has 0 radical (unpaired) electrons. The Morgan fingerprint density at radius 3 is 1.95 bits per heavy atom. The van der Waals surface area contributed by atoms with Crippen molar-refractivity contribution in [3.8, 4) is 0 Å². The molecule has 0 atom stereocenters. The van der Waals surface area contributed by atoms with E-state index in [0.29, 0.717) is 0 Å². The molecule has 0 aliphatic heterocycles. The van der Waals surface area contributed by atoms with E-state index in [9.17, 15) is 0 Å². The third-order valence-electron chi connectivity index (χ3n) is 2.62. The van der Waals surface area contributed by atoms with E-state index in [0.717, 1.165) is 22.5 Å². The van der Waals surface area contributed by atoms with Crippen molar-refractivity contribution in [3.63, 3.8) is 0 Å². The molecule has 6 nitrogen and oxygen atoms in total. The van der Waals surface area contributed by atoms with Crippen molar-refractivity contribution >= 4 is 23.3 Å². The lowest BCUT2D eigenvalue weighted by molar-refractivity contribution is 1.36. The van der Waals surface area contributed by atoms with Crippen LogP contribution in [-0.4, -0.2) is 11.9 Å². The van der Waals surface area contributed by atoms with Crippen LogP contribution in [0.4, 0.5) is 11.4 Å². The number of rotatable bonds is 2. The monoisotopic (exact) mass is 298 g/mol. The molecule has 2 rings (SSSR count). The summed E-state index contributed by atoms with van der Waals surface area (Å²) in [5.74, 6) is 0.190. The average Bonchev–Trinajstić information content (AvgIpc) is 2.41. The van der Waals surface area contributed by atoms with Crippen LogP contribution < -0.4 is 22.9 Å². The van der Waals surface area contributed by atoms with Gasteiger partial charge in [-0.25, -0.2) is 9.98 Å². The molecule has 22 heavy (non-hydrogen) atoms. The topological polar surface area (TPSA) is 129 Å². The normalized spacial score (nSPS) is 9.18. The fourth-order valence-corrected chi connectivity index (χ4v) is 1.67. The van der Waals surface area contributed by atoms with Gasteiger partial charge in [0.25, 0.3) is 0 Å². The highest BCUT2D eigenvalue weighted by Gasteiger charge is 1.92. The predicted molar refractivity (Wildman–Crippen MR) is 93.3 cm³/mol. The Morgan fingerprint density at radius 2 is 1.41 bits per heavy atom. The quantitative estimate of drug-likeness (QED) is 0.497. The molecular weight excluding hydrogens is 276 g/mol. The van der Waals surface area contributed by atoms with Gasteiger partial charge in [-0.05, 0) is 43.2 Å². The number of guanidine groups is 2. The number of para-hydroxylation sites is 1.